The number of nitrogen functional groups attached to an aromatic ring is 1. The predicted octanol–water partition coefficient (Wildman–Crippen LogP) is 1.83. The van der Waals surface area contributed by atoms with Crippen molar-refractivity contribution in [2.24, 2.45) is 0 Å². The molecular weight excluding hydrogens is 188 g/mol. The molecule has 1 aliphatic rings. The van der Waals surface area contributed by atoms with Gasteiger partial charge >= 0.3 is 0 Å². The summed E-state index contributed by atoms with van der Waals surface area (Å²) in [5.74, 6) is 1.40. The normalized spacial score (nSPS) is 22.5. The molecule has 2 N–H and O–H groups in total. The maximum atomic E-state index is 5.85. The fraction of sp³-hybridized carbons (Fsp3) is 0.636. The molecule has 0 amide bonds. The minimum atomic E-state index is 0.520. The molecule has 2 heterocycles. The second-order valence-electron chi connectivity index (χ2n) is 4.16. The molecule has 4 nitrogen and oxygen atoms in total. The van der Waals surface area contributed by atoms with Gasteiger partial charge in [0.25, 0.3) is 0 Å². The highest BCUT2D eigenvalue weighted by molar-refractivity contribution is 5.57. The molecule has 0 radical (unpaired) electrons. The molecule has 1 saturated heterocycles. The van der Waals surface area contributed by atoms with Gasteiger partial charge in [-0.15, -0.1) is 0 Å². The van der Waals surface area contributed by atoms with E-state index in [2.05, 4.69) is 21.8 Å². The van der Waals surface area contributed by atoms with Gasteiger partial charge in [0.2, 0.25) is 0 Å². The summed E-state index contributed by atoms with van der Waals surface area (Å²) in [6.07, 6.45) is 8.40. The van der Waals surface area contributed by atoms with Crippen LogP contribution in [0.1, 0.15) is 32.6 Å². The molecule has 0 bridgehead atoms. The standard InChI is InChI=1S/C11H18N4/c1-9-5-3-2-4-8-15(9)11-10(12)13-6-7-14-11/h6-7,9H,2-5,8H2,1H3,(H2,12,13). The van der Waals surface area contributed by atoms with Gasteiger partial charge < -0.3 is 10.6 Å². The molecule has 0 aliphatic carbocycles. The van der Waals surface area contributed by atoms with Crippen LogP contribution in [0.25, 0.3) is 0 Å². The third-order valence-electron chi connectivity index (χ3n) is 3.03. The van der Waals surface area contributed by atoms with Crippen LogP contribution in [-0.4, -0.2) is 22.6 Å². The van der Waals surface area contributed by atoms with Crippen LogP contribution in [0.3, 0.4) is 0 Å². The number of rotatable bonds is 1. The molecule has 0 saturated carbocycles. The van der Waals surface area contributed by atoms with Gasteiger partial charge in [0, 0.05) is 25.0 Å². The lowest BCUT2D eigenvalue weighted by atomic mass is 10.1. The topological polar surface area (TPSA) is 55.0 Å². The van der Waals surface area contributed by atoms with Crippen molar-refractivity contribution in [1.29, 1.82) is 0 Å². The van der Waals surface area contributed by atoms with E-state index < -0.39 is 0 Å². The first kappa shape index (κ1) is 10.2. The van der Waals surface area contributed by atoms with E-state index in [-0.39, 0.29) is 0 Å². The quantitative estimate of drug-likeness (QED) is 0.761. The SMILES string of the molecule is CC1CCCCCN1c1nccnc1N. The minimum Gasteiger partial charge on any atom is -0.381 e. The molecule has 82 valence electrons. The summed E-state index contributed by atoms with van der Waals surface area (Å²) < 4.78 is 0. The Morgan fingerprint density at radius 2 is 2.07 bits per heavy atom. The molecular formula is C11H18N4. The summed E-state index contributed by atoms with van der Waals surface area (Å²) in [6.45, 7) is 3.28. The molecule has 1 unspecified atom stereocenters. The average molecular weight is 206 g/mol. The number of hydrogen-bond donors (Lipinski definition) is 1. The average Bonchev–Trinajstić information content (AvgIpc) is 2.44. The first-order valence-corrected chi connectivity index (χ1v) is 5.62. The third kappa shape index (κ3) is 2.19. The Kier molecular flexibility index (Phi) is 3.04. The summed E-state index contributed by atoms with van der Waals surface area (Å²) in [6, 6.07) is 0.520. The van der Waals surface area contributed by atoms with Gasteiger partial charge in [0.05, 0.1) is 0 Å². The summed E-state index contributed by atoms with van der Waals surface area (Å²) in [4.78, 5) is 10.7. The Bertz CT molecular complexity index is 326. The highest BCUT2D eigenvalue weighted by atomic mass is 15.2. The lowest BCUT2D eigenvalue weighted by Crippen LogP contribution is -2.33. The molecule has 1 aromatic rings. The molecule has 4 heteroatoms. The van der Waals surface area contributed by atoms with E-state index in [1.807, 2.05) is 0 Å². The molecule has 1 fully saturated rings. The van der Waals surface area contributed by atoms with E-state index in [1.165, 1.54) is 25.7 Å². The molecule has 1 aliphatic heterocycles. The lowest BCUT2D eigenvalue weighted by molar-refractivity contribution is 0.611. The van der Waals surface area contributed by atoms with Gasteiger partial charge in [-0.2, -0.15) is 0 Å². The largest absolute Gasteiger partial charge is 0.381 e. The highest BCUT2D eigenvalue weighted by Gasteiger charge is 2.20. The van der Waals surface area contributed by atoms with Crippen LogP contribution in [0.5, 0.6) is 0 Å². The fourth-order valence-electron chi connectivity index (χ4n) is 2.15. The molecule has 0 spiro atoms. The summed E-state index contributed by atoms with van der Waals surface area (Å²) in [5, 5.41) is 0. The van der Waals surface area contributed by atoms with Crippen molar-refractivity contribution in [2.45, 2.75) is 38.6 Å². The second kappa shape index (κ2) is 4.47. The van der Waals surface area contributed by atoms with Gasteiger partial charge in [-0.3, -0.25) is 0 Å². The number of nitrogens with zero attached hydrogens (tertiary/aromatic N) is 3. The number of hydrogen-bond acceptors (Lipinski definition) is 4. The summed E-state index contributed by atoms with van der Waals surface area (Å²) in [5.41, 5.74) is 5.85. The number of anilines is 2. The van der Waals surface area contributed by atoms with Crippen LogP contribution in [0.15, 0.2) is 12.4 Å². The Morgan fingerprint density at radius 3 is 2.87 bits per heavy atom. The monoisotopic (exact) mass is 206 g/mol. The Labute approximate surface area is 90.5 Å². The molecule has 2 rings (SSSR count). The van der Waals surface area contributed by atoms with Crippen LogP contribution >= 0.6 is 0 Å². The van der Waals surface area contributed by atoms with E-state index in [0.717, 1.165) is 12.4 Å². The zero-order valence-corrected chi connectivity index (χ0v) is 9.19. The van der Waals surface area contributed by atoms with E-state index >= 15 is 0 Å². The van der Waals surface area contributed by atoms with Crippen molar-refractivity contribution in [1.82, 2.24) is 9.97 Å². The van der Waals surface area contributed by atoms with Crippen molar-refractivity contribution in [3.8, 4) is 0 Å². The van der Waals surface area contributed by atoms with Gasteiger partial charge in [-0.05, 0) is 19.8 Å². The maximum Gasteiger partial charge on any atom is 0.171 e. The smallest absolute Gasteiger partial charge is 0.171 e. The van der Waals surface area contributed by atoms with Crippen LogP contribution in [-0.2, 0) is 0 Å². The van der Waals surface area contributed by atoms with Crippen molar-refractivity contribution in [2.75, 3.05) is 17.2 Å². The van der Waals surface area contributed by atoms with Gasteiger partial charge in [0.15, 0.2) is 11.6 Å². The third-order valence-corrected chi connectivity index (χ3v) is 3.03. The molecule has 15 heavy (non-hydrogen) atoms. The summed E-state index contributed by atoms with van der Waals surface area (Å²) in [7, 11) is 0. The molecule has 0 aromatic carbocycles. The predicted molar refractivity (Wildman–Crippen MR) is 61.7 cm³/mol. The zero-order chi connectivity index (χ0) is 10.7. The highest BCUT2D eigenvalue weighted by Crippen LogP contribution is 2.24. The fourth-order valence-corrected chi connectivity index (χ4v) is 2.15. The minimum absolute atomic E-state index is 0.520. The van der Waals surface area contributed by atoms with E-state index in [0.29, 0.717) is 11.9 Å². The van der Waals surface area contributed by atoms with E-state index in [4.69, 9.17) is 5.73 Å². The Hall–Kier alpha value is -1.32. The van der Waals surface area contributed by atoms with Crippen molar-refractivity contribution in [3.63, 3.8) is 0 Å². The van der Waals surface area contributed by atoms with E-state index in [9.17, 15) is 0 Å². The Balaban J connectivity index is 2.24. The van der Waals surface area contributed by atoms with Crippen LogP contribution in [0.2, 0.25) is 0 Å². The lowest BCUT2D eigenvalue weighted by Gasteiger charge is -2.28. The van der Waals surface area contributed by atoms with Crippen molar-refractivity contribution >= 4 is 11.6 Å². The van der Waals surface area contributed by atoms with Crippen LogP contribution in [0, 0.1) is 0 Å². The van der Waals surface area contributed by atoms with Crippen LogP contribution < -0.4 is 10.6 Å². The van der Waals surface area contributed by atoms with Gasteiger partial charge in [-0.1, -0.05) is 12.8 Å². The van der Waals surface area contributed by atoms with Crippen molar-refractivity contribution < 1.29 is 0 Å². The molecule has 1 aromatic heterocycles. The first-order chi connectivity index (χ1) is 7.29. The summed E-state index contributed by atoms with van der Waals surface area (Å²) >= 11 is 0. The first-order valence-electron chi connectivity index (χ1n) is 5.62. The molecule has 1 atom stereocenters. The van der Waals surface area contributed by atoms with Crippen molar-refractivity contribution in [3.05, 3.63) is 12.4 Å². The van der Waals surface area contributed by atoms with Gasteiger partial charge in [0.1, 0.15) is 0 Å². The van der Waals surface area contributed by atoms with E-state index in [1.54, 1.807) is 12.4 Å². The van der Waals surface area contributed by atoms with Gasteiger partial charge in [-0.25, -0.2) is 9.97 Å². The number of nitrogens with two attached hydrogens (primary N) is 1. The van der Waals surface area contributed by atoms with Crippen LogP contribution in [0.4, 0.5) is 11.6 Å². The second-order valence-corrected chi connectivity index (χ2v) is 4.16. The maximum absolute atomic E-state index is 5.85. The Morgan fingerprint density at radius 1 is 1.27 bits per heavy atom. The number of aromatic nitrogens is 2. The zero-order valence-electron chi connectivity index (χ0n) is 9.19.